The molecular weight excluding hydrogens is 140 g/mol. The third-order valence-electron chi connectivity index (χ3n) is 1.73. The minimum absolute atomic E-state index is 0.00926. The van der Waals surface area contributed by atoms with E-state index in [0.29, 0.717) is 0 Å². The van der Waals surface area contributed by atoms with Crippen LogP contribution in [0.25, 0.3) is 0 Å². The van der Waals surface area contributed by atoms with Gasteiger partial charge in [-0.1, -0.05) is 0 Å². The number of amides is 1. The first-order valence-electron chi connectivity index (χ1n) is 3.95. The summed E-state index contributed by atoms with van der Waals surface area (Å²) in [5.41, 5.74) is 4.99. The third kappa shape index (κ3) is 2.19. The molecule has 3 heteroatoms. The lowest BCUT2D eigenvalue weighted by atomic mass is 10.1. The van der Waals surface area contributed by atoms with E-state index in [-0.39, 0.29) is 11.4 Å². The molecule has 0 aliphatic heterocycles. The highest BCUT2D eigenvalue weighted by atomic mass is 16.2. The van der Waals surface area contributed by atoms with Crippen LogP contribution in [-0.4, -0.2) is 17.0 Å². The number of rotatable bonds is 1. The molecule has 1 rings (SSSR count). The summed E-state index contributed by atoms with van der Waals surface area (Å²) in [6.07, 6.45) is 1.66. The Hall–Kier alpha value is -0.570. The summed E-state index contributed by atoms with van der Waals surface area (Å²) < 4.78 is 0. The van der Waals surface area contributed by atoms with Crippen molar-refractivity contribution < 1.29 is 4.79 Å². The summed E-state index contributed by atoms with van der Waals surface area (Å²) in [6, 6.07) is 0. The van der Waals surface area contributed by atoms with Crippen LogP contribution in [0.5, 0.6) is 0 Å². The number of carbonyl (C=O) groups excluding carboxylic acids is 1. The van der Waals surface area contributed by atoms with Crippen molar-refractivity contribution in [1.29, 1.82) is 0 Å². The van der Waals surface area contributed by atoms with E-state index in [1.165, 1.54) is 0 Å². The van der Waals surface area contributed by atoms with Crippen molar-refractivity contribution >= 4 is 5.91 Å². The molecule has 0 atom stereocenters. The molecule has 0 aromatic rings. The predicted octanol–water partition coefficient (Wildman–Crippen LogP) is 0.392. The Labute approximate surface area is 67.3 Å². The van der Waals surface area contributed by atoms with Crippen molar-refractivity contribution in [2.24, 2.45) is 5.73 Å². The van der Waals surface area contributed by atoms with Crippen molar-refractivity contribution in [3.63, 3.8) is 0 Å². The lowest BCUT2D eigenvalue weighted by Gasteiger charge is -2.22. The van der Waals surface area contributed by atoms with Gasteiger partial charge in [-0.25, -0.2) is 0 Å². The summed E-state index contributed by atoms with van der Waals surface area (Å²) in [4.78, 5) is 11.3. The van der Waals surface area contributed by atoms with Gasteiger partial charge >= 0.3 is 0 Å². The summed E-state index contributed by atoms with van der Waals surface area (Å²) in [7, 11) is 0. The molecule has 64 valence electrons. The molecule has 1 aliphatic rings. The molecule has 0 heterocycles. The smallest absolute Gasteiger partial charge is 0.240 e. The Morgan fingerprint density at radius 1 is 1.45 bits per heavy atom. The SMILES string of the molecule is CC(C)(C)NC(=O)C1(N)CC1. The highest BCUT2D eigenvalue weighted by Gasteiger charge is 2.46. The fourth-order valence-electron chi connectivity index (χ4n) is 0.827. The Kier molecular flexibility index (Phi) is 1.71. The highest BCUT2D eigenvalue weighted by molar-refractivity contribution is 5.89. The van der Waals surface area contributed by atoms with Gasteiger partial charge in [0.15, 0.2) is 0 Å². The molecule has 0 bridgehead atoms. The first kappa shape index (κ1) is 8.53. The maximum absolute atomic E-state index is 11.3. The summed E-state index contributed by atoms with van der Waals surface area (Å²) >= 11 is 0. The fourth-order valence-corrected chi connectivity index (χ4v) is 0.827. The van der Waals surface area contributed by atoms with Crippen LogP contribution < -0.4 is 11.1 Å². The van der Waals surface area contributed by atoms with Crippen molar-refractivity contribution in [2.75, 3.05) is 0 Å². The van der Waals surface area contributed by atoms with Crippen molar-refractivity contribution in [3.8, 4) is 0 Å². The van der Waals surface area contributed by atoms with Gasteiger partial charge in [-0.05, 0) is 33.6 Å². The molecular formula is C8H16N2O. The summed E-state index contributed by atoms with van der Waals surface area (Å²) in [6.45, 7) is 5.86. The largest absolute Gasteiger partial charge is 0.350 e. The van der Waals surface area contributed by atoms with Gasteiger partial charge in [0, 0.05) is 5.54 Å². The average molecular weight is 156 g/mol. The zero-order chi connectivity index (χ0) is 8.70. The van der Waals surface area contributed by atoms with Crippen LogP contribution in [0.4, 0.5) is 0 Å². The summed E-state index contributed by atoms with van der Waals surface area (Å²) in [5.74, 6) is -0.00926. The molecule has 3 N–H and O–H groups in total. The standard InChI is InChI=1S/C8H16N2O/c1-7(2,3)10-6(11)8(9)4-5-8/h4-5,9H2,1-3H3,(H,10,11). The lowest BCUT2D eigenvalue weighted by Crippen LogP contribution is -2.50. The Morgan fingerprint density at radius 3 is 2.18 bits per heavy atom. The van der Waals surface area contributed by atoms with Crippen LogP contribution in [0.1, 0.15) is 33.6 Å². The van der Waals surface area contributed by atoms with Crippen LogP contribution in [-0.2, 0) is 4.79 Å². The Balaban J connectivity index is 2.45. The van der Waals surface area contributed by atoms with Gasteiger partial charge in [-0.15, -0.1) is 0 Å². The average Bonchev–Trinajstić information content (AvgIpc) is 2.44. The molecule has 0 unspecified atom stereocenters. The monoisotopic (exact) mass is 156 g/mol. The molecule has 1 aliphatic carbocycles. The van der Waals surface area contributed by atoms with E-state index in [9.17, 15) is 4.79 Å². The number of hydrogen-bond donors (Lipinski definition) is 2. The zero-order valence-electron chi connectivity index (χ0n) is 7.40. The van der Waals surface area contributed by atoms with Crippen LogP contribution in [0.3, 0.4) is 0 Å². The molecule has 1 amide bonds. The van der Waals surface area contributed by atoms with Gasteiger partial charge in [0.05, 0.1) is 5.54 Å². The van der Waals surface area contributed by atoms with Gasteiger partial charge in [0.2, 0.25) is 5.91 Å². The zero-order valence-corrected chi connectivity index (χ0v) is 7.40. The fraction of sp³-hybridized carbons (Fsp3) is 0.875. The van der Waals surface area contributed by atoms with Crippen LogP contribution in [0.15, 0.2) is 0 Å². The summed E-state index contributed by atoms with van der Waals surface area (Å²) in [5, 5.41) is 2.86. The van der Waals surface area contributed by atoms with E-state index in [4.69, 9.17) is 5.73 Å². The highest BCUT2D eigenvalue weighted by Crippen LogP contribution is 2.32. The number of hydrogen-bond acceptors (Lipinski definition) is 2. The van der Waals surface area contributed by atoms with E-state index in [2.05, 4.69) is 5.32 Å². The topological polar surface area (TPSA) is 55.1 Å². The van der Waals surface area contributed by atoms with Gasteiger partial charge in [-0.3, -0.25) is 4.79 Å². The van der Waals surface area contributed by atoms with E-state index in [1.807, 2.05) is 20.8 Å². The lowest BCUT2D eigenvalue weighted by molar-refractivity contribution is -0.124. The molecule has 0 saturated heterocycles. The number of nitrogens with two attached hydrogens (primary N) is 1. The maximum atomic E-state index is 11.3. The molecule has 0 aromatic carbocycles. The minimum atomic E-state index is -0.534. The van der Waals surface area contributed by atoms with Gasteiger partial charge < -0.3 is 11.1 Å². The second-order valence-electron chi connectivity index (χ2n) is 4.36. The van der Waals surface area contributed by atoms with Crippen LogP contribution in [0.2, 0.25) is 0 Å². The normalized spacial score (nSPS) is 21.1. The van der Waals surface area contributed by atoms with Crippen LogP contribution in [0, 0.1) is 0 Å². The van der Waals surface area contributed by atoms with E-state index >= 15 is 0 Å². The Morgan fingerprint density at radius 2 is 1.91 bits per heavy atom. The molecule has 1 saturated carbocycles. The maximum Gasteiger partial charge on any atom is 0.240 e. The minimum Gasteiger partial charge on any atom is -0.350 e. The molecule has 0 aromatic heterocycles. The quantitative estimate of drug-likeness (QED) is 0.577. The number of carbonyl (C=O) groups is 1. The van der Waals surface area contributed by atoms with E-state index < -0.39 is 5.54 Å². The van der Waals surface area contributed by atoms with Gasteiger partial charge in [0.25, 0.3) is 0 Å². The molecule has 11 heavy (non-hydrogen) atoms. The van der Waals surface area contributed by atoms with Gasteiger partial charge in [0.1, 0.15) is 0 Å². The van der Waals surface area contributed by atoms with Crippen molar-refractivity contribution in [3.05, 3.63) is 0 Å². The predicted molar refractivity (Wildman–Crippen MR) is 44.0 cm³/mol. The molecule has 0 spiro atoms. The third-order valence-corrected chi connectivity index (χ3v) is 1.73. The molecule has 3 nitrogen and oxygen atoms in total. The second-order valence-corrected chi connectivity index (χ2v) is 4.36. The first-order valence-corrected chi connectivity index (χ1v) is 3.95. The molecule has 0 radical (unpaired) electrons. The van der Waals surface area contributed by atoms with Crippen LogP contribution >= 0.6 is 0 Å². The number of nitrogens with one attached hydrogen (secondary N) is 1. The first-order chi connectivity index (χ1) is 4.83. The second kappa shape index (κ2) is 2.21. The van der Waals surface area contributed by atoms with Crippen molar-refractivity contribution in [1.82, 2.24) is 5.32 Å². The van der Waals surface area contributed by atoms with E-state index in [1.54, 1.807) is 0 Å². The van der Waals surface area contributed by atoms with E-state index in [0.717, 1.165) is 12.8 Å². The van der Waals surface area contributed by atoms with Gasteiger partial charge in [-0.2, -0.15) is 0 Å². The Bertz CT molecular complexity index is 177. The van der Waals surface area contributed by atoms with Crippen molar-refractivity contribution in [2.45, 2.75) is 44.7 Å². The molecule has 1 fully saturated rings.